The van der Waals surface area contributed by atoms with Gasteiger partial charge in [-0.3, -0.25) is 9.59 Å². The number of hydrogen-bond acceptors (Lipinski definition) is 5. The summed E-state index contributed by atoms with van der Waals surface area (Å²) in [4.78, 5) is 32.0. The van der Waals surface area contributed by atoms with Crippen LogP contribution >= 0.6 is 0 Å². The van der Waals surface area contributed by atoms with Gasteiger partial charge in [-0.05, 0) is 33.6 Å². The monoisotopic (exact) mass is 291 g/mol. The average molecular weight is 291 g/mol. The molecule has 1 saturated carbocycles. The van der Waals surface area contributed by atoms with Crippen molar-refractivity contribution >= 4 is 17.4 Å². The lowest BCUT2D eigenvalue weighted by Gasteiger charge is -2.21. The third-order valence-corrected chi connectivity index (χ3v) is 3.69. The fraction of sp³-hybridized carbons (Fsp3) is 0.600. The molecule has 1 amide bonds. The van der Waals surface area contributed by atoms with E-state index >= 15 is 0 Å². The maximum atomic E-state index is 12.3. The molecule has 1 N–H and O–H groups in total. The lowest BCUT2D eigenvalue weighted by atomic mass is 9.88. The van der Waals surface area contributed by atoms with Gasteiger partial charge in [-0.2, -0.15) is 9.97 Å². The van der Waals surface area contributed by atoms with Crippen molar-refractivity contribution < 1.29 is 14.3 Å². The molecular weight excluding hydrogens is 270 g/mol. The molecule has 0 bridgehead atoms. The van der Waals surface area contributed by atoms with Crippen LogP contribution in [0, 0.1) is 19.8 Å². The molecule has 0 spiro atoms. The van der Waals surface area contributed by atoms with E-state index in [-0.39, 0.29) is 17.6 Å². The highest BCUT2D eigenvalue weighted by Gasteiger charge is 2.25. The summed E-state index contributed by atoms with van der Waals surface area (Å²) in [5.74, 6) is 0.0883. The Kier molecular flexibility index (Phi) is 4.88. The average Bonchev–Trinajstić information content (AvgIpc) is 2.44. The first-order valence-corrected chi connectivity index (χ1v) is 7.31. The number of rotatable bonds is 4. The summed E-state index contributed by atoms with van der Waals surface area (Å²) in [6.45, 7) is 6.00. The number of carbonyl (C=O) groups is 2. The number of anilines is 1. The number of aromatic nitrogens is 2. The van der Waals surface area contributed by atoms with E-state index in [0.717, 1.165) is 0 Å². The summed E-state index contributed by atoms with van der Waals surface area (Å²) in [5, 5.41) is 2.90. The van der Waals surface area contributed by atoms with Crippen LogP contribution in [0.4, 0.5) is 5.69 Å². The van der Waals surface area contributed by atoms with Crippen LogP contribution in [0.25, 0.3) is 0 Å². The molecule has 1 heterocycles. The van der Waals surface area contributed by atoms with Gasteiger partial charge >= 0.3 is 6.01 Å². The van der Waals surface area contributed by atoms with Crippen molar-refractivity contribution in [2.24, 2.45) is 5.92 Å². The predicted octanol–water partition coefficient (Wildman–Crippen LogP) is 2.19. The quantitative estimate of drug-likeness (QED) is 0.919. The highest BCUT2D eigenvalue weighted by Crippen LogP contribution is 2.25. The minimum atomic E-state index is -0.104. The Labute approximate surface area is 124 Å². The maximum absolute atomic E-state index is 12.3. The Morgan fingerprint density at radius 1 is 1.24 bits per heavy atom. The second-order valence-corrected chi connectivity index (χ2v) is 5.29. The second-order valence-electron chi connectivity index (χ2n) is 5.29. The van der Waals surface area contributed by atoms with Crippen LogP contribution in [0.3, 0.4) is 0 Å². The number of nitrogens with zero attached hydrogens (tertiary/aromatic N) is 2. The molecule has 0 saturated heterocycles. The first-order chi connectivity index (χ1) is 10.0. The van der Waals surface area contributed by atoms with E-state index in [9.17, 15) is 9.59 Å². The molecule has 0 radical (unpaired) electrons. The summed E-state index contributed by atoms with van der Waals surface area (Å²) in [6.07, 6.45) is 2.24. The Morgan fingerprint density at radius 2 is 1.81 bits per heavy atom. The van der Waals surface area contributed by atoms with Crippen molar-refractivity contribution in [2.45, 2.75) is 46.5 Å². The molecule has 6 nitrogen and oxygen atoms in total. The number of amides is 1. The number of ether oxygens (including phenoxy) is 1. The third-order valence-electron chi connectivity index (χ3n) is 3.69. The Bertz CT molecular complexity index is 524. The number of hydrogen-bond donors (Lipinski definition) is 1. The topological polar surface area (TPSA) is 81.2 Å². The van der Waals surface area contributed by atoms with E-state index in [4.69, 9.17) is 4.74 Å². The van der Waals surface area contributed by atoms with Crippen molar-refractivity contribution in [3.63, 3.8) is 0 Å². The molecule has 1 aliphatic carbocycles. The smallest absolute Gasteiger partial charge is 0.316 e. The Hall–Kier alpha value is -1.98. The molecular formula is C15H21N3O3. The zero-order valence-electron chi connectivity index (χ0n) is 12.7. The van der Waals surface area contributed by atoms with Crippen LogP contribution in [0.15, 0.2) is 0 Å². The Balaban J connectivity index is 2.08. The van der Waals surface area contributed by atoms with Crippen molar-refractivity contribution in [1.82, 2.24) is 9.97 Å². The van der Waals surface area contributed by atoms with Gasteiger partial charge in [0.25, 0.3) is 0 Å². The third kappa shape index (κ3) is 3.77. The van der Waals surface area contributed by atoms with E-state index in [1.165, 1.54) is 0 Å². The lowest BCUT2D eigenvalue weighted by molar-refractivity contribution is -0.125. The first kappa shape index (κ1) is 15.4. The number of carbonyl (C=O) groups excluding carboxylic acids is 2. The molecule has 2 rings (SSSR count). The van der Waals surface area contributed by atoms with Crippen LogP contribution in [-0.4, -0.2) is 28.3 Å². The number of aryl methyl sites for hydroxylation is 2. The minimum absolute atomic E-state index is 0.0542. The van der Waals surface area contributed by atoms with Crippen molar-refractivity contribution in [3.8, 4) is 6.01 Å². The minimum Gasteiger partial charge on any atom is -0.464 e. The van der Waals surface area contributed by atoms with E-state index in [1.54, 1.807) is 0 Å². The van der Waals surface area contributed by atoms with Gasteiger partial charge in [0, 0.05) is 18.8 Å². The van der Waals surface area contributed by atoms with Crippen LogP contribution in [-0.2, 0) is 9.59 Å². The molecule has 1 aliphatic rings. The molecule has 114 valence electrons. The number of nitrogens with one attached hydrogen (secondary N) is 1. The number of Topliss-reactive ketones (excluding diaryl/α,β-unsaturated/α-hetero) is 1. The van der Waals surface area contributed by atoms with Gasteiger partial charge in [0.2, 0.25) is 5.91 Å². The van der Waals surface area contributed by atoms with Crippen molar-refractivity contribution in [1.29, 1.82) is 0 Å². The van der Waals surface area contributed by atoms with E-state index in [1.807, 2.05) is 20.8 Å². The van der Waals surface area contributed by atoms with Gasteiger partial charge in [-0.1, -0.05) is 0 Å². The van der Waals surface area contributed by atoms with Crippen LogP contribution in [0.5, 0.6) is 6.01 Å². The summed E-state index contributed by atoms with van der Waals surface area (Å²) in [5.41, 5.74) is 2.01. The standard InChI is InChI=1S/C15H21N3O3/c1-4-21-15-16-9(2)13(10(3)17-15)18-14(20)11-5-7-12(19)8-6-11/h11H,4-8H2,1-3H3,(H,18,20). The zero-order chi connectivity index (χ0) is 15.4. The molecule has 6 heteroatoms. The second kappa shape index (κ2) is 6.65. The molecule has 1 aromatic heterocycles. The van der Waals surface area contributed by atoms with Crippen LogP contribution in [0.2, 0.25) is 0 Å². The zero-order valence-corrected chi connectivity index (χ0v) is 12.7. The van der Waals surface area contributed by atoms with Gasteiger partial charge in [-0.15, -0.1) is 0 Å². The molecule has 1 aromatic rings. The highest BCUT2D eigenvalue weighted by molar-refractivity contribution is 5.94. The van der Waals surface area contributed by atoms with Gasteiger partial charge in [0.05, 0.1) is 23.7 Å². The van der Waals surface area contributed by atoms with Crippen LogP contribution < -0.4 is 10.1 Å². The lowest BCUT2D eigenvalue weighted by Crippen LogP contribution is -2.28. The highest BCUT2D eigenvalue weighted by atomic mass is 16.5. The summed E-state index contributed by atoms with van der Waals surface area (Å²) in [6, 6.07) is 0.328. The molecule has 0 unspecified atom stereocenters. The Morgan fingerprint density at radius 3 is 2.33 bits per heavy atom. The SMILES string of the molecule is CCOc1nc(C)c(NC(=O)C2CCC(=O)CC2)c(C)n1. The van der Waals surface area contributed by atoms with Gasteiger partial charge in [0.1, 0.15) is 5.78 Å². The molecule has 0 aromatic carbocycles. The predicted molar refractivity (Wildman–Crippen MR) is 78.3 cm³/mol. The van der Waals surface area contributed by atoms with E-state index in [2.05, 4.69) is 15.3 Å². The maximum Gasteiger partial charge on any atom is 0.316 e. The van der Waals surface area contributed by atoms with Crippen molar-refractivity contribution in [3.05, 3.63) is 11.4 Å². The first-order valence-electron chi connectivity index (χ1n) is 7.31. The van der Waals surface area contributed by atoms with Gasteiger partial charge < -0.3 is 10.1 Å². The molecule has 0 atom stereocenters. The van der Waals surface area contributed by atoms with Crippen LogP contribution in [0.1, 0.15) is 44.0 Å². The summed E-state index contributed by atoms with van der Waals surface area (Å²) >= 11 is 0. The van der Waals surface area contributed by atoms with Gasteiger partial charge in [-0.25, -0.2) is 0 Å². The summed E-state index contributed by atoms with van der Waals surface area (Å²) in [7, 11) is 0. The normalized spacial score (nSPS) is 15.9. The summed E-state index contributed by atoms with van der Waals surface area (Å²) < 4.78 is 5.28. The molecule has 1 fully saturated rings. The number of ketones is 1. The van der Waals surface area contributed by atoms with Crippen molar-refractivity contribution in [2.75, 3.05) is 11.9 Å². The van der Waals surface area contributed by atoms with E-state index < -0.39 is 0 Å². The molecule has 0 aliphatic heterocycles. The largest absolute Gasteiger partial charge is 0.464 e. The van der Waals surface area contributed by atoms with Gasteiger partial charge in [0.15, 0.2) is 0 Å². The fourth-order valence-corrected chi connectivity index (χ4v) is 2.49. The molecule has 21 heavy (non-hydrogen) atoms. The fourth-order valence-electron chi connectivity index (χ4n) is 2.49. The van der Waals surface area contributed by atoms with E-state index in [0.29, 0.717) is 55.4 Å².